The van der Waals surface area contributed by atoms with Crippen LogP contribution in [0.2, 0.25) is 0 Å². The van der Waals surface area contributed by atoms with Gasteiger partial charge in [0, 0.05) is 24.9 Å². The van der Waals surface area contributed by atoms with Crippen molar-refractivity contribution in [1.82, 2.24) is 9.97 Å². The molecule has 5 nitrogen and oxygen atoms in total. The van der Waals surface area contributed by atoms with Crippen molar-refractivity contribution < 1.29 is 4.79 Å². The normalized spacial score (nSPS) is 12.4. The van der Waals surface area contributed by atoms with Crippen molar-refractivity contribution in [2.75, 3.05) is 6.54 Å². The van der Waals surface area contributed by atoms with E-state index < -0.39 is 0 Å². The molecule has 0 aromatic carbocycles. The van der Waals surface area contributed by atoms with Gasteiger partial charge in [-0.15, -0.1) is 0 Å². The Balaban J connectivity index is 2.62. The lowest BCUT2D eigenvalue weighted by Gasteiger charge is -2.08. The van der Waals surface area contributed by atoms with Crippen LogP contribution < -0.4 is 11.5 Å². The van der Waals surface area contributed by atoms with Crippen LogP contribution >= 0.6 is 0 Å². The Bertz CT molecular complexity index is 275. The van der Waals surface area contributed by atoms with E-state index in [1.807, 2.05) is 0 Å². The average Bonchev–Trinajstić information content (AvgIpc) is 2.15. The first kappa shape index (κ1) is 9.60. The first-order chi connectivity index (χ1) is 6.24. The highest BCUT2D eigenvalue weighted by atomic mass is 16.1. The van der Waals surface area contributed by atoms with Crippen LogP contribution in [-0.2, 0) is 11.2 Å². The fourth-order valence-electron chi connectivity index (χ4n) is 0.991. The number of hydrogen-bond donors (Lipinski definition) is 2. The first-order valence-corrected chi connectivity index (χ1v) is 3.98. The Morgan fingerprint density at radius 3 is 2.85 bits per heavy atom. The summed E-state index contributed by atoms with van der Waals surface area (Å²) < 4.78 is 0. The second-order valence-electron chi connectivity index (χ2n) is 2.74. The lowest BCUT2D eigenvalue weighted by atomic mass is 10.0. The molecule has 1 unspecified atom stereocenters. The third-order valence-corrected chi connectivity index (χ3v) is 1.79. The zero-order valence-corrected chi connectivity index (χ0v) is 7.18. The number of hydrogen-bond acceptors (Lipinski definition) is 4. The van der Waals surface area contributed by atoms with Crippen molar-refractivity contribution in [3.05, 3.63) is 24.3 Å². The van der Waals surface area contributed by atoms with Gasteiger partial charge in [0.1, 0.15) is 6.33 Å². The van der Waals surface area contributed by atoms with Crippen molar-refractivity contribution in [3.63, 3.8) is 0 Å². The lowest BCUT2D eigenvalue weighted by molar-refractivity contribution is -0.121. The van der Waals surface area contributed by atoms with Crippen LogP contribution in [0, 0.1) is 5.92 Å². The summed E-state index contributed by atoms with van der Waals surface area (Å²) in [5.74, 6) is -0.726. The van der Waals surface area contributed by atoms with Crippen LogP contribution in [0.5, 0.6) is 0 Å². The van der Waals surface area contributed by atoms with Gasteiger partial charge in [0.2, 0.25) is 5.91 Å². The van der Waals surface area contributed by atoms with Crippen LogP contribution in [0.4, 0.5) is 0 Å². The van der Waals surface area contributed by atoms with E-state index in [0.717, 1.165) is 5.69 Å². The van der Waals surface area contributed by atoms with Crippen LogP contribution in [0.3, 0.4) is 0 Å². The maximum atomic E-state index is 10.8. The quantitative estimate of drug-likeness (QED) is 0.626. The monoisotopic (exact) mass is 180 g/mol. The van der Waals surface area contributed by atoms with Crippen LogP contribution in [-0.4, -0.2) is 22.4 Å². The van der Waals surface area contributed by atoms with E-state index in [2.05, 4.69) is 9.97 Å². The highest BCUT2D eigenvalue weighted by Crippen LogP contribution is 2.03. The van der Waals surface area contributed by atoms with E-state index in [1.165, 1.54) is 6.33 Å². The fraction of sp³-hybridized carbons (Fsp3) is 0.375. The molecule has 5 heteroatoms. The van der Waals surface area contributed by atoms with Gasteiger partial charge < -0.3 is 11.5 Å². The van der Waals surface area contributed by atoms with Crippen molar-refractivity contribution in [2.45, 2.75) is 6.42 Å². The molecule has 1 amide bonds. The zero-order valence-electron chi connectivity index (χ0n) is 7.18. The Hall–Kier alpha value is -1.49. The Morgan fingerprint density at radius 2 is 2.38 bits per heavy atom. The molecule has 1 rings (SSSR count). The maximum Gasteiger partial charge on any atom is 0.222 e. The molecule has 1 heterocycles. The first-order valence-electron chi connectivity index (χ1n) is 3.98. The van der Waals surface area contributed by atoms with Crippen molar-refractivity contribution in [2.24, 2.45) is 17.4 Å². The third kappa shape index (κ3) is 2.79. The molecular formula is C8H12N4O. The van der Waals surface area contributed by atoms with E-state index in [4.69, 9.17) is 11.5 Å². The SMILES string of the molecule is NCC(Cc1ccncn1)C(N)=O. The van der Waals surface area contributed by atoms with Gasteiger partial charge in [-0.3, -0.25) is 4.79 Å². The molecular weight excluding hydrogens is 168 g/mol. The number of nitrogens with two attached hydrogens (primary N) is 2. The van der Waals surface area contributed by atoms with Gasteiger partial charge in [0.05, 0.1) is 5.92 Å². The van der Waals surface area contributed by atoms with E-state index in [-0.39, 0.29) is 18.4 Å². The highest BCUT2D eigenvalue weighted by Gasteiger charge is 2.13. The van der Waals surface area contributed by atoms with Gasteiger partial charge in [0.15, 0.2) is 0 Å². The molecule has 0 aliphatic rings. The number of amides is 1. The summed E-state index contributed by atoms with van der Waals surface area (Å²) in [6, 6.07) is 1.74. The van der Waals surface area contributed by atoms with Gasteiger partial charge in [0.25, 0.3) is 0 Å². The molecule has 13 heavy (non-hydrogen) atoms. The summed E-state index contributed by atoms with van der Waals surface area (Å²) in [6.45, 7) is 0.249. The number of primary amides is 1. The zero-order chi connectivity index (χ0) is 9.68. The number of nitrogens with zero attached hydrogens (tertiary/aromatic N) is 2. The number of carbonyl (C=O) groups excluding carboxylic acids is 1. The molecule has 1 aromatic rings. The minimum atomic E-state index is -0.388. The average molecular weight is 180 g/mol. The topological polar surface area (TPSA) is 94.9 Å². The predicted molar refractivity (Wildman–Crippen MR) is 47.5 cm³/mol. The number of rotatable bonds is 4. The van der Waals surface area contributed by atoms with Crippen LogP contribution in [0.1, 0.15) is 5.69 Å². The summed E-state index contributed by atoms with van der Waals surface area (Å²) >= 11 is 0. The number of aromatic nitrogens is 2. The Labute approximate surface area is 76.2 Å². The molecule has 0 aliphatic heterocycles. The molecule has 0 aliphatic carbocycles. The summed E-state index contributed by atoms with van der Waals surface area (Å²) in [7, 11) is 0. The number of carbonyl (C=O) groups is 1. The summed E-state index contributed by atoms with van der Waals surface area (Å²) in [4.78, 5) is 18.6. The minimum Gasteiger partial charge on any atom is -0.369 e. The van der Waals surface area contributed by atoms with Gasteiger partial charge in [-0.25, -0.2) is 9.97 Å². The van der Waals surface area contributed by atoms with Gasteiger partial charge in [-0.2, -0.15) is 0 Å². The van der Waals surface area contributed by atoms with Crippen molar-refractivity contribution >= 4 is 5.91 Å². The van der Waals surface area contributed by atoms with Gasteiger partial charge in [-0.1, -0.05) is 0 Å². The molecule has 0 spiro atoms. The predicted octanol–water partition coefficient (Wildman–Crippen LogP) is -0.921. The summed E-state index contributed by atoms with van der Waals surface area (Å²) in [5.41, 5.74) is 11.3. The van der Waals surface area contributed by atoms with Crippen LogP contribution in [0.15, 0.2) is 18.6 Å². The molecule has 4 N–H and O–H groups in total. The van der Waals surface area contributed by atoms with Crippen LogP contribution in [0.25, 0.3) is 0 Å². The standard InChI is InChI=1S/C8H12N4O/c9-4-6(8(10)13)3-7-1-2-11-5-12-7/h1-2,5-6H,3-4,9H2,(H2,10,13). The molecule has 0 fully saturated rings. The van der Waals surface area contributed by atoms with Gasteiger partial charge in [-0.05, 0) is 6.07 Å². The van der Waals surface area contributed by atoms with E-state index in [0.29, 0.717) is 6.42 Å². The largest absolute Gasteiger partial charge is 0.369 e. The molecule has 0 radical (unpaired) electrons. The fourth-order valence-corrected chi connectivity index (χ4v) is 0.991. The van der Waals surface area contributed by atoms with E-state index in [1.54, 1.807) is 12.3 Å². The molecule has 1 aromatic heterocycles. The second kappa shape index (κ2) is 4.51. The van der Waals surface area contributed by atoms with E-state index in [9.17, 15) is 4.79 Å². The maximum absolute atomic E-state index is 10.8. The third-order valence-electron chi connectivity index (χ3n) is 1.79. The molecule has 70 valence electrons. The summed E-state index contributed by atoms with van der Waals surface area (Å²) in [6.07, 6.45) is 3.54. The lowest BCUT2D eigenvalue weighted by Crippen LogP contribution is -2.31. The summed E-state index contributed by atoms with van der Waals surface area (Å²) in [5, 5.41) is 0. The molecule has 0 saturated heterocycles. The minimum absolute atomic E-state index is 0.249. The van der Waals surface area contributed by atoms with Crippen molar-refractivity contribution in [3.8, 4) is 0 Å². The smallest absolute Gasteiger partial charge is 0.222 e. The van der Waals surface area contributed by atoms with Gasteiger partial charge >= 0.3 is 0 Å². The molecule has 0 bridgehead atoms. The second-order valence-corrected chi connectivity index (χ2v) is 2.74. The molecule has 1 atom stereocenters. The highest BCUT2D eigenvalue weighted by molar-refractivity contribution is 5.77. The Morgan fingerprint density at radius 1 is 1.62 bits per heavy atom. The van der Waals surface area contributed by atoms with Crippen molar-refractivity contribution in [1.29, 1.82) is 0 Å². The van der Waals surface area contributed by atoms with E-state index >= 15 is 0 Å². The molecule has 0 saturated carbocycles. The Kier molecular flexibility index (Phi) is 3.33.